The monoisotopic (exact) mass is 409 g/mol. The van der Waals surface area contributed by atoms with Crippen LogP contribution in [0.3, 0.4) is 0 Å². The normalized spacial score (nSPS) is 11.1. The number of hydrogen-bond acceptors (Lipinski definition) is 5. The first-order valence-electron chi connectivity index (χ1n) is 8.39. The number of aromatic nitrogens is 2. The molecule has 1 aromatic rings. The number of carbonyl (C=O) groups excluding carboxylic acids is 2. The molecule has 0 radical (unpaired) electrons. The van der Waals surface area contributed by atoms with Crippen LogP contribution in [0, 0.1) is 6.92 Å². The number of ether oxygens (including phenoxy) is 1. The minimum Gasteiger partial charge on any atom is -0.462 e. The van der Waals surface area contributed by atoms with Crippen LogP contribution in [0.5, 0.6) is 0 Å². The number of unbranched alkanes of at least 4 members (excludes halogenated alkanes) is 1. The highest BCUT2D eigenvalue weighted by atomic mass is 19.4. The van der Waals surface area contributed by atoms with E-state index in [-0.39, 0.29) is 36.4 Å². The standard InChI is InChI=1S/C17H20F5N3O3/c1-4-5-7-25(15(27)17(20,21)22)16-23-9-12(11(3)24-16)14(26)28-8-6-10(2)13(18)19/h9H,4-8H2,1-3H3. The van der Waals surface area contributed by atoms with Crippen LogP contribution in [0.1, 0.15) is 49.2 Å². The minimum atomic E-state index is -5.10. The Hall–Kier alpha value is -2.59. The zero-order valence-electron chi connectivity index (χ0n) is 15.6. The van der Waals surface area contributed by atoms with Crippen LogP contribution < -0.4 is 4.90 Å². The number of rotatable bonds is 8. The van der Waals surface area contributed by atoms with Gasteiger partial charge in [-0.2, -0.15) is 22.0 Å². The third-order valence-corrected chi connectivity index (χ3v) is 3.68. The van der Waals surface area contributed by atoms with Gasteiger partial charge in [0.15, 0.2) is 0 Å². The average molecular weight is 409 g/mol. The maximum Gasteiger partial charge on any atom is 0.471 e. The van der Waals surface area contributed by atoms with Gasteiger partial charge in [0.25, 0.3) is 6.08 Å². The zero-order valence-corrected chi connectivity index (χ0v) is 15.6. The maximum absolute atomic E-state index is 12.8. The van der Waals surface area contributed by atoms with Crippen LogP contribution in [0.25, 0.3) is 0 Å². The van der Waals surface area contributed by atoms with Crippen LogP contribution in [0.2, 0.25) is 0 Å². The van der Waals surface area contributed by atoms with Gasteiger partial charge >= 0.3 is 18.1 Å². The molecule has 0 aliphatic rings. The molecule has 0 atom stereocenters. The highest BCUT2D eigenvalue weighted by molar-refractivity contribution is 5.96. The quantitative estimate of drug-likeness (QED) is 0.475. The van der Waals surface area contributed by atoms with Crippen molar-refractivity contribution in [2.45, 2.75) is 46.2 Å². The first-order valence-corrected chi connectivity index (χ1v) is 8.39. The van der Waals surface area contributed by atoms with E-state index in [0.717, 1.165) is 6.20 Å². The number of hydrogen-bond donors (Lipinski definition) is 0. The summed E-state index contributed by atoms with van der Waals surface area (Å²) in [7, 11) is 0. The summed E-state index contributed by atoms with van der Waals surface area (Å²) in [6, 6.07) is 0. The predicted octanol–water partition coefficient (Wildman–Crippen LogP) is 4.20. The van der Waals surface area contributed by atoms with E-state index in [4.69, 9.17) is 4.74 Å². The fourth-order valence-corrected chi connectivity index (χ4v) is 2.02. The van der Waals surface area contributed by atoms with E-state index in [1.54, 1.807) is 6.92 Å². The van der Waals surface area contributed by atoms with Crippen molar-refractivity contribution in [3.05, 3.63) is 29.1 Å². The molecular weight excluding hydrogens is 389 g/mol. The number of anilines is 1. The summed E-state index contributed by atoms with van der Waals surface area (Å²) >= 11 is 0. The Kier molecular flexibility index (Phi) is 8.45. The molecule has 28 heavy (non-hydrogen) atoms. The summed E-state index contributed by atoms with van der Waals surface area (Å²) in [5.74, 6) is -3.49. The number of carbonyl (C=O) groups is 2. The average Bonchev–Trinajstić information content (AvgIpc) is 2.60. The Morgan fingerprint density at radius 3 is 2.39 bits per heavy atom. The topological polar surface area (TPSA) is 72.4 Å². The fourth-order valence-electron chi connectivity index (χ4n) is 2.02. The molecule has 1 rings (SSSR count). The van der Waals surface area contributed by atoms with Gasteiger partial charge in [0, 0.05) is 19.2 Å². The zero-order chi connectivity index (χ0) is 21.5. The summed E-state index contributed by atoms with van der Waals surface area (Å²) in [6.07, 6.45) is -5.34. The van der Waals surface area contributed by atoms with Gasteiger partial charge in [-0.05, 0) is 25.8 Å². The fraction of sp³-hybridized carbons (Fsp3) is 0.529. The number of amides is 1. The Morgan fingerprint density at radius 2 is 1.89 bits per heavy atom. The van der Waals surface area contributed by atoms with Crippen LogP contribution in [0.4, 0.5) is 27.9 Å². The van der Waals surface area contributed by atoms with E-state index in [1.807, 2.05) is 0 Å². The lowest BCUT2D eigenvalue weighted by Crippen LogP contribution is -2.43. The minimum absolute atomic E-state index is 0.00425. The predicted molar refractivity (Wildman–Crippen MR) is 89.9 cm³/mol. The molecule has 0 aliphatic carbocycles. The van der Waals surface area contributed by atoms with Gasteiger partial charge in [-0.3, -0.25) is 9.69 Å². The molecule has 1 heterocycles. The van der Waals surface area contributed by atoms with Gasteiger partial charge in [-0.15, -0.1) is 0 Å². The van der Waals surface area contributed by atoms with Gasteiger partial charge in [-0.1, -0.05) is 13.3 Å². The van der Waals surface area contributed by atoms with E-state index >= 15 is 0 Å². The van der Waals surface area contributed by atoms with Crippen LogP contribution in [0.15, 0.2) is 17.9 Å². The third kappa shape index (κ3) is 6.54. The molecule has 0 unspecified atom stereocenters. The summed E-state index contributed by atoms with van der Waals surface area (Å²) in [5.41, 5.74) is -0.371. The molecule has 11 heteroatoms. The van der Waals surface area contributed by atoms with Crippen LogP contribution in [-0.4, -0.2) is 41.2 Å². The number of halogens is 5. The second kappa shape index (κ2) is 10.1. The van der Waals surface area contributed by atoms with E-state index in [0.29, 0.717) is 17.7 Å². The van der Waals surface area contributed by atoms with Gasteiger partial charge in [0.05, 0.1) is 17.9 Å². The smallest absolute Gasteiger partial charge is 0.462 e. The Labute approximate surface area is 158 Å². The molecule has 156 valence electrons. The van der Waals surface area contributed by atoms with Gasteiger partial charge < -0.3 is 4.74 Å². The molecule has 6 nitrogen and oxygen atoms in total. The summed E-state index contributed by atoms with van der Waals surface area (Å²) < 4.78 is 67.9. The van der Waals surface area contributed by atoms with Crippen molar-refractivity contribution >= 4 is 17.8 Å². The maximum atomic E-state index is 12.8. The third-order valence-electron chi connectivity index (χ3n) is 3.68. The first kappa shape index (κ1) is 23.4. The van der Waals surface area contributed by atoms with Crippen molar-refractivity contribution in [1.82, 2.24) is 9.97 Å². The number of aryl methyl sites for hydroxylation is 1. The number of esters is 1. The Morgan fingerprint density at radius 1 is 1.25 bits per heavy atom. The van der Waals surface area contributed by atoms with Crippen LogP contribution >= 0.6 is 0 Å². The van der Waals surface area contributed by atoms with Crippen molar-refractivity contribution in [2.24, 2.45) is 0 Å². The van der Waals surface area contributed by atoms with Gasteiger partial charge in [0.1, 0.15) is 0 Å². The molecule has 0 fully saturated rings. The highest BCUT2D eigenvalue weighted by Crippen LogP contribution is 2.23. The molecule has 0 aromatic carbocycles. The lowest BCUT2D eigenvalue weighted by atomic mass is 10.2. The van der Waals surface area contributed by atoms with E-state index < -0.39 is 30.1 Å². The summed E-state index contributed by atoms with van der Waals surface area (Å²) in [6.45, 7) is 3.73. The highest BCUT2D eigenvalue weighted by Gasteiger charge is 2.43. The van der Waals surface area contributed by atoms with E-state index in [1.165, 1.54) is 13.8 Å². The molecule has 0 saturated carbocycles. The second-order valence-electron chi connectivity index (χ2n) is 5.90. The summed E-state index contributed by atoms with van der Waals surface area (Å²) in [5, 5.41) is 0. The first-order chi connectivity index (χ1) is 13.0. The molecule has 0 aliphatic heterocycles. The van der Waals surface area contributed by atoms with Crippen molar-refractivity contribution in [1.29, 1.82) is 0 Å². The van der Waals surface area contributed by atoms with E-state index in [2.05, 4.69) is 9.97 Å². The van der Waals surface area contributed by atoms with Gasteiger partial charge in [-0.25, -0.2) is 14.8 Å². The molecule has 1 aromatic heterocycles. The van der Waals surface area contributed by atoms with Gasteiger partial charge in [0.2, 0.25) is 5.95 Å². The lowest BCUT2D eigenvalue weighted by Gasteiger charge is -2.22. The molecule has 1 amide bonds. The van der Waals surface area contributed by atoms with Crippen LogP contribution in [-0.2, 0) is 9.53 Å². The van der Waals surface area contributed by atoms with Crippen molar-refractivity contribution in [3.63, 3.8) is 0 Å². The Bertz CT molecular complexity index is 746. The SMILES string of the molecule is CCCCN(C(=O)C(F)(F)F)c1ncc(C(=O)OCCC(C)=C(F)F)c(C)n1. The molecule has 0 bridgehead atoms. The molecule has 0 spiro atoms. The molecule has 0 saturated heterocycles. The summed E-state index contributed by atoms with van der Waals surface area (Å²) in [4.78, 5) is 31.5. The van der Waals surface area contributed by atoms with Crippen molar-refractivity contribution < 1.29 is 36.3 Å². The Balaban J connectivity index is 2.97. The molecule has 0 N–H and O–H groups in total. The number of nitrogens with zero attached hydrogens (tertiary/aromatic N) is 3. The van der Waals surface area contributed by atoms with E-state index in [9.17, 15) is 31.5 Å². The largest absolute Gasteiger partial charge is 0.471 e. The number of alkyl halides is 3. The van der Waals surface area contributed by atoms with Crippen molar-refractivity contribution in [2.75, 3.05) is 18.1 Å². The second-order valence-corrected chi connectivity index (χ2v) is 5.90. The van der Waals surface area contributed by atoms with Crippen molar-refractivity contribution in [3.8, 4) is 0 Å². The lowest BCUT2D eigenvalue weighted by molar-refractivity contribution is -0.170. The molecular formula is C17H20F5N3O3.